The van der Waals surface area contributed by atoms with Crippen LogP contribution in [0.1, 0.15) is 36.5 Å². The summed E-state index contributed by atoms with van der Waals surface area (Å²) in [5, 5.41) is 14.7. The number of carbonyl (C=O) groups is 4. The van der Waals surface area contributed by atoms with Gasteiger partial charge in [0.2, 0.25) is 18.1 Å². The van der Waals surface area contributed by atoms with Crippen molar-refractivity contribution >= 4 is 35.3 Å². The van der Waals surface area contributed by atoms with Crippen LogP contribution in [0.3, 0.4) is 0 Å². The number of esters is 1. The Morgan fingerprint density at radius 3 is 2.87 bits per heavy atom. The summed E-state index contributed by atoms with van der Waals surface area (Å²) in [6.07, 6.45) is 0.242. The number of phenols is 1. The normalized spacial score (nSPS) is 22.8. The monoisotopic (exact) mass is 453 g/mol. The minimum Gasteiger partial charge on any atom is -0.506 e. The van der Waals surface area contributed by atoms with Gasteiger partial charge >= 0.3 is 5.97 Å². The van der Waals surface area contributed by atoms with E-state index in [9.17, 15) is 24.3 Å². The van der Waals surface area contributed by atoms with Gasteiger partial charge in [-0.2, -0.15) is 0 Å². The van der Waals surface area contributed by atoms with Crippen LogP contribution in [-0.4, -0.2) is 71.8 Å². The number of nitrogens with zero attached hydrogens (tertiary/aromatic N) is 1. The molecule has 0 spiro atoms. The van der Waals surface area contributed by atoms with Gasteiger partial charge in [-0.3, -0.25) is 19.2 Å². The van der Waals surface area contributed by atoms with Crippen LogP contribution < -0.4 is 10.6 Å². The molecule has 0 aromatic heterocycles. The smallest absolute Gasteiger partial charge is 0.310 e. The van der Waals surface area contributed by atoms with Crippen molar-refractivity contribution in [3.8, 4) is 5.75 Å². The van der Waals surface area contributed by atoms with E-state index in [4.69, 9.17) is 21.1 Å². The second-order valence-corrected chi connectivity index (χ2v) is 7.58. The van der Waals surface area contributed by atoms with Crippen LogP contribution in [-0.2, 0) is 23.9 Å². The van der Waals surface area contributed by atoms with Crippen LogP contribution in [0.2, 0.25) is 5.02 Å². The highest BCUT2D eigenvalue weighted by molar-refractivity contribution is 6.35. The molecule has 0 radical (unpaired) electrons. The number of aromatic hydroxyl groups is 1. The van der Waals surface area contributed by atoms with E-state index in [0.29, 0.717) is 26.0 Å². The van der Waals surface area contributed by atoms with E-state index in [0.717, 1.165) is 0 Å². The predicted molar refractivity (Wildman–Crippen MR) is 108 cm³/mol. The maximum atomic E-state index is 12.8. The zero-order valence-corrected chi connectivity index (χ0v) is 17.7. The van der Waals surface area contributed by atoms with Gasteiger partial charge in [-0.05, 0) is 31.9 Å². The van der Waals surface area contributed by atoms with Crippen molar-refractivity contribution in [1.29, 1.82) is 0 Å². The lowest BCUT2D eigenvalue weighted by atomic mass is 10.1. The average molecular weight is 454 g/mol. The molecule has 1 aromatic carbocycles. The molecule has 3 atom stereocenters. The Kier molecular flexibility index (Phi) is 7.34. The number of phenolic OH excluding ortho intramolecular Hbond substituents is 1. The van der Waals surface area contributed by atoms with Crippen molar-refractivity contribution in [2.24, 2.45) is 0 Å². The third kappa shape index (κ3) is 5.26. The van der Waals surface area contributed by atoms with E-state index in [1.54, 1.807) is 6.92 Å². The highest BCUT2D eigenvalue weighted by Gasteiger charge is 2.40. The summed E-state index contributed by atoms with van der Waals surface area (Å²) in [6.45, 7) is 2.11. The molecule has 31 heavy (non-hydrogen) atoms. The van der Waals surface area contributed by atoms with Crippen molar-refractivity contribution < 1.29 is 33.8 Å². The second-order valence-electron chi connectivity index (χ2n) is 7.20. The first kappa shape index (κ1) is 22.8. The molecule has 0 unspecified atom stereocenters. The summed E-state index contributed by atoms with van der Waals surface area (Å²) >= 11 is 5.92. The van der Waals surface area contributed by atoms with Crippen LogP contribution in [0, 0.1) is 0 Å². The first-order valence-electron chi connectivity index (χ1n) is 9.98. The molecule has 2 aliphatic heterocycles. The molecule has 3 rings (SSSR count). The number of halogens is 1. The first-order valence-corrected chi connectivity index (χ1v) is 10.4. The third-order valence-electron chi connectivity index (χ3n) is 5.12. The summed E-state index contributed by atoms with van der Waals surface area (Å²) in [4.78, 5) is 50.6. The molecule has 3 amide bonds. The topological polar surface area (TPSA) is 134 Å². The number of likely N-dealkylation sites (tertiary alicyclic amines) is 1. The van der Waals surface area contributed by atoms with Crippen molar-refractivity contribution in [3.05, 3.63) is 28.8 Å². The summed E-state index contributed by atoms with van der Waals surface area (Å²) < 4.78 is 10.4. The average Bonchev–Trinajstić information content (AvgIpc) is 3.35. The van der Waals surface area contributed by atoms with Gasteiger partial charge < -0.3 is 30.1 Å². The van der Waals surface area contributed by atoms with Crippen molar-refractivity contribution in [1.82, 2.24) is 15.5 Å². The molecule has 2 heterocycles. The lowest BCUT2D eigenvalue weighted by Gasteiger charge is -2.26. The largest absolute Gasteiger partial charge is 0.506 e. The van der Waals surface area contributed by atoms with Gasteiger partial charge in [0.25, 0.3) is 5.91 Å². The minimum absolute atomic E-state index is 0.00217. The highest BCUT2D eigenvalue weighted by Crippen LogP contribution is 2.26. The van der Waals surface area contributed by atoms with Crippen LogP contribution in [0.4, 0.5) is 0 Å². The molecular formula is C20H24ClN3O7. The number of carbonyl (C=O) groups excluding carboxylic acids is 4. The van der Waals surface area contributed by atoms with E-state index >= 15 is 0 Å². The van der Waals surface area contributed by atoms with E-state index in [-0.39, 0.29) is 29.3 Å². The molecule has 2 saturated heterocycles. The van der Waals surface area contributed by atoms with Crippen LogP contribution in [0.5, 0.6) is 5.75 Å². The van der Waals surface area contributed by atoms with Crippen molar-refractivity contribution in [3.63, 3.8) is 0 Å². The molecule has 168 valence electrons. The standard InChI is InChI=1S/C20H24ClN3O7/c1-2-30-20-12(9-16(27)31-20)23-19(29)13-6-4-8-24(13)15(26)10-22-18(28)11-5-3-7-14(25)17(11)21/h3,5,7,12-13,20,25H,2,4,6,8-10H2,1H3,(H,22,28)(H,23,29)/t12-,13-,20+/m0/s1. The molecule has 10 nitrogen and oxygen atoms in total. The summed E-state index contributed by atoms with van der Waals surface area (Å²) in [7, 11) is 0. The number of amides is 3. The van der Waals surface area contributed by atoms with Crippen molar-refractivity contribution in [2.45, 2.75) is 44.6 Å². The van der Waals surface area contributed by atoms with Crippen LogP contribution in [0.25, 0.3) is 0 Å². The molecular weight excluding hydrogens is 430 g/mol. The van der Waals surface area contributed by atoms with Gasteiger partial charge in [0, 0.05) is 13.2 Å². The van der Waals surface area contributed by atoms with Gasteiger partial charge in [-0.1, -0.05) is 17.7 Å². The van der Waals surface area contributed by atoms with Gasteiger partial charge in [0.15, 0.2) is 0 Å². The number of ether oxygens (including phenoxy) is 2. The minimum atomic E-state index is -0.849. The Balaban J connectivity index is 1.57. The first-order chi connectivity index (χ1) is 14.8. The van der Waals surface area contributed by atoms with E-state index in [1.165, 1.54) is 23.1 Å². The Bertz CT molecular complexity index is 878. The maximum Gasteiger partial charge on any atom is 0.310 e. The van der Waals surface area contributed by atoms with Crippen molar-refractivity contribution in [2.75, 3.05) is 19.7 Å². The van der Waals surface area contributed by atoms with Crippen LogP contribution in [0.15, 0.2) is 18.2 Å². The summed E-state index contributed by atoms with van der Waals surface area (Å²) in [5.74, 6) is -2.15. The second kappa shape index (κ2) is 9.97. The van der Waals surface area contributed by atoms with E-state index in [2.05, 4.69) is 10.6 Å². The zero-order valence-electron chi connectivity index (χ0n) is 16.9. The van der Waals surface area contributed by atoms with E-state index < -0.39 is 42.1 Å². The fourth-order valence-corrected chi connectivity index (χ4v) is 3.85. The molecule has 2 aliphatic rings. The quantitative estimate of drug-likeness (QED) is 0.513. The van der Waals surface area contributed by atoms with Gasteiger partial charge in [0.05, 0.1) is 23.6 Å². The number of hydrogen-bond acceptors (Lipinski definition) is 7. The Morgan fingerprint density at radius 1 is 1.35 bits per heavy atom. The molecule has 2 fully saturated rings. The maximum absolute atomic E-state index is 12.8. The fraction of sp³-hybridized carbons (Fsp3) is 0.500. The number of hydrogen-bond donors (Lipinski definition) is 3. The Hall–Kier alpha value is -2.85. The molecule has 1 aromatic rings. The molecule has 0 aliphatic carbocycles. The SMILES string of the molecule is CCO[C@@H]1OC(=O)C[C@@H]1NC(=O)[C@@H]1CCCN1C(=O)CNC(=O)c1cccc(O)c1Cl. The van der Waals surface area contributed by atoms with Gasteiger partial charge in [-0.25, -0.2) is 0 Å². The fourth-order valence-electron chi connectivity index (χ4n) is 3.63. The highest BCUT2D eigenvalue weighted by atomic mass is 35.5. The summed E-state index contributed by atoms with van der Waals surface area (Å²) in [6, 6.07) is 2.90. The molecule has 0 saturated carbocycles. The third-order valence-corrected chi connectivity index (χ3v) is 5.52. The van der Waals surface area contributed by atoms with Crippen LogP contribution >= 0.6 is 11.6 Å². The number of benzene rings is 1. The zero-order chi connectivity index (χ0) is 22.5. The molecule has 0 bridgehead atoms. The summed E-state index contributed by atoms with van der Waals surface area (Å²) in [5.41, 5.74) is 0.0399. The van der Waals surface area contributed by atoms with Gasteiger partial charge in [-0.15, -0.1) is 0 Å². The number of nitrogens with one attached hydrogen (secondary N) is 2. The number of rotatable bonds is 7. The lowest BCUT2D eigenvalue weighted by molar-refractivity contribution is -0.164. The molecule has 3 N–H and O–H groups in total. The van der Waals surface area contributed by atoms with Gasteiger partial charge in [0.1, 0.15) is 17.8 Å². The van der Waals surface area contributed by atoms with E-state index in [1.807, 2.05) is 0 Å². The lowest BCUT2D eigenvalue weighted by Crippen LogP contribution is -2.52. The predicted octanol–water partition coefficient (Wildman–Crippen LogP) is 0.561. The Labute approximate surface area is 183 Å². The number of cyclic esters (lactones) is 1. The molecule has 11 heteroatoms. The Morgan fingerprint density at radius 2 is 2.13 bits per heavy atom.